The minimum absolute atomic E-state index is 0.000376. The van der Waals surface area contributed by atoms with E-state index >= 15 is 0 Å². The third-order valence-corrected chi connectivity index (χ3v) is 3.22. The summed E-state index contributed by atoms with van der Waals surface area (Å²) < 4.78 is 0. The van der Waals surface area contributed by atoms with E-state index in [1.54, 1.807) is 6.20 Å². The fourth-order valence-electron chi connectivity index (χ4n) is 2.21. The number of hydrogen-bond acceptors (Lipinski definition) is 2. The molecule has 0 fully saturated rings. The Bertz CT molecular complexity index is 719. The van der Waals surface area contributed by atoms with Crippen LogP contribution in [0.2, 0.25) is 0 Å². The summed E-state index contributed by atoms with van der Waals surface area (Å²) in [6.07, 6.45) is 3.99. The number of H-pyrrole nitrogens is 1. The SMILES string of the molecule is O=C(Cc1c[nH]c2ccccc12)NCc1ccccn1. The number of carbonyl (C=O) groups excluding carboxylic acids is 1. The largest absolute Gasteiger partial charge is 0.361 e. The zero-order valence-electron chi connectivity index (χ0n) is 11.0. The number of pyridine rings is 1. The summed E-state index contributed by atoms with van der Waals surface area (Å²) in [6, 6.07) is 13.6. The van der Waals surface area contributed by atoms with Gasteiger partial charge in [0.2, 0.25) is 5.91 Å². The van der Waals surface area contributed by atoms with Gasteiger partial charge in [-0.1, -0.05) is 24.3 Å². The van der Waals surface area contributed by atoms with Crippen molar-refractivity contribution in [3.8, 4) is 0 Å². The Morgan fingerprint density at radius 2 is 2.00 bits per heavy atom. The molecule has 4 heteroatoms. The highest BCUT2D eigenvalue weighted by molar-refractivity contribution is 5.88. The van der Waals surface area contributed by atoms with Gasteiger partial charge in [-0.2, -0.15) is 0 Å². The van der Waals surface area contributed by atoms with E-state index in [1.165, 1.54) is 0 Å². The molecule has 0 spiro atoms. The number of para-hydroxylation sites is 1. The molecule has 0 saturated carbocycles. The molecule has 0 aliphatic carbocycles. The van der Waals surface area contributed by atoms with Crippen LogP contribution in [-0.4, -0.2) is 15.9 Å². The first-order chi connectivity index (χ1) is 9.83. The fraction of sp³-hybridized carbons (Fsp3) is 0.125. The second-order valence-corrected chi connectivity index (χ2v) is 4.63. The molecule has 0 atom stereocenters. The van der Waals surface area contributed by atoms with E-state index < -0.39 is 0 Å². The van der Waals surface area contributed by atoms with Gasteiger partial charge in [0.05, 0.1) is 18.7 Å². The molecule has 2 N–H and O–H groups in total. The summed E-state index contributed by atoms with van der Waals surface area (Å²) in [4.78, 5) is 19.3. The maximum atomic E-state index is 12.0. The number of nitrogens with zero attached hydrogens (tertiary/aromatic N) is 1. The van der Waals surface area contributed by atoms with Gasteiger partial charge in [0.15, 0.2) is 0 Å². The number of amides is 1. The molecule has 0 bridgehead atoms. The molecule has 20 heavy (non-hydrogen) atoms. The lowest BCUT2D eigenvalue weighted by molar-refractivity contribution is -0.120. The van der Waals surface area contributed by atoms with Crippen molar-refractivity contribution in [1.82, 2.24) is 15.3 Å². The molecule has 0 aliphatic heterocycles. The zero-order valence-corrected chi connectivity index (χ0v) is 11.0. The first-order valence-corrected chi connectivity index (χ1v) is 6.54. The van der Waals surface area contributed by atoms with Crippen LogP contribution in [0.15, 0.2) is 54.9 Å². The molecule has 0 saturated heterocycles. The Labute approximate surface area is 116 Å². The Kier molecular flexibility index (Phi) is 3.46. The van der Waals surface area contributed by atoms with Crippen LogP contribution < -0.4 is 5.32 Å². The lowest BCUT2D eigenvalue weighted by atomic mass is 10.1. The van der Waals surface area contributed by atoms with E-state index in [4.69, 9.17) is 0 Å². The van der Waals surface area contributed by atoms with E-state index in [0.29, 0.717) is 13.0 Å². The molecule has 100 valence electrons. The first kappa shape index (κ1) is 12.4. The van der Waals surface area contributed by atoms with Crippen LogP contribution in [0.5, 0.6) is 0 Å². The fourth-order valence-corrected chi connectivity index (χ4v) is 2.21. The average Bonchev–Trinajstić information content (AvgIpc) is 2.90. The minimum Gasteiger partial charge on any atom is -0.361 e. The predicted molar refractivity (Wildman–Crippen MR) is 78.1 cm³/mol. The van der Waals surface area contributed by atoms with Gasteiger partial charge < -0.3 is 10.3 Å². The second kappa shape index (κ2) is 5.57. The molecular formula is C16H15N3O. The average molecular weight is 265 g/mol. The zero-order chi connectivity index (χ0) is 13.8. The van der Waals surface area contributed by atoms with Gasteiger partial charge in [0.1, 0.15) is 0 Å². The number of fused-ring (bicyclic) bond motifs is 1. The van der Waals surface area contributed by atoms with Crippen molar-refractivity contribution in [3.05, 3.63) is 66.1 Å². The van der Waals surface area contributed by atoms with Gasteiger partial charge in [-0.05, 0) is 23.8 Å². The van der Waals surface area contributed by atoms with Gasteiger partial charge in [-0.25, -0.2) is 0 Å². The van der Waals surface area contributed by atoms with E-state index in [1.807, 2.05) is 48.7 Å². The van der Waals surface area contributed by atoms with Crippen LogP contribution in [0.4, 0.5) is 0 Å². The number of nitrogens with one attached hydrogen (secondary N) is 2. The van der Waals surface area contributed by atoms with Crippen LogP contribution in [0.1, 0.15) is 11.3 Å². The number of aromatic amines is 1. The molecule has 0 aliphatic rings. The van der Waals surface area contributed by atoms with Crippen molar-refractivity contribution < 1.29 is 4.79 Å². The van der Waals surface area contributed by atoms with E-state index in [2.05, 4.69) is 15.3 Å². The van der Waals surface area contributed by atoms with E-state index in [9.17, 15) is 4.79 Å². The highest BCUT2D eigenvalue weighted by atomic mass is 16.1. The number of aromatic nitrogens is 2. The lowest BCUT2D eigenvalue weighted by Crippen LogP contribution is -2.24. The molecule has 4 nitrogen and oxygen atoms in total. The summed E-state index contributed by atoms with van der Waals surface area (Å²) in [5.41, 5.74) is 2.93. The highest BCUT2D eigenvalue weighted by Gasteiger charge is 2.08. The molecule has 1 amide bonds. The normalized spacial score (nSPS) is 10.6. The molecule has 2 aromatic heterocycles. The summed E-state index contributed by atoms with van der Waals surface area (Å²) in [5.74, 6) is 0.000376. The number of carbonyl (C=O) groups is 1. The monoisotopic (exact) mass is 265 g/mol. The first-order valence-electron chi connectivity index (χ1n) is 6.54. The molecular weight excluding hydrogens is 250 g/mol. The van der Waals surface area contributed by atoms with Crippen molar-refractivity contribution in [1.29, 1.82) is 0 Å². The van der Waals surface area contributed by atoms with Crippen LogP contribution >= 0.6 is 0 Å². The highest BCUT2D eigenvalue weighted by Crippen LogP contribution is 2.17. The Morgan fingerprint density at radius 1 is 1.15 bits per heavy atom. The summed E-state index contributed by atoms with van der Waals surface area (Å²) in [6.45, 7) is 0.460. The maximum absolute atomic E-state index is 12.0. The van der Waals surface area contributed by atoms with Gasteiger partial charge in [-0.15, -0.1) is 0 Å². The molecule has 1 aromatic carbocycles. The quantitative estimate of drug-likeness (QED) is 0.761. The summed E-state index contributed by atoms with van der Waals surface area (Å²) in [5, 5.41) is 3.98. The van der Waals surface area contributed by atoms with Crippen molar-refractivity contribution >= 4 is 16.8 Å². The summed E-state index contributed by atoms with van der Waals surface area (Å²) >= 11 is 0. The third-order valence-electron chi connectivity index (χ3n) is 3.22. The molecule has 2 heterocycles. The second-order valence-electron chi connectivity index (χ2n) is 4.63. The lowest BCUT2D eigenvalue weighted by Gasteiger charge is -2.04. The van der Waals surface area contributed by atoms with Gasteiger partial charge in [0.25, 0.3) is 0 Å². The van der Waals surface area contributed by atoms with Crippen molar-refractivity contribution in [2.75, 3.05) is 0 Å². The molecule has 3 rings (SSSR count). The van der Waals surface area contributed by atoms with Crippen LogP contribution in [0, 0.1) is 0 Å². The van der Waals surface area contributed by atoms with Crippen molar-refractivity contribution in [2.24, 2.45) is 0 Å². The standard InChI is InChI=1S/C16H15N3O/c20-16(19-11-13-5-3-4-8-17-13)9-12-10-18-15-7-2-1-6-14(12)15/h1-8,10,18H,9,11H2,(H,19,20). The van der Waals surface area contributed by atoms with E-state index in [-0.39, 0.29) is 5.91 Å². The maximum Gasteiger partial charge on any atom is 0.224 e. The van der Waals surface area contributed by atoms with E-state index in [0.717, 1.165) is 22.2 Å². The summed E-state index contributed by atoms with van der Waals surface area (Å²) in [7, 11) is 0. The molecule has 0 unspecified atom stereocenters. The smallest absolute Gasteiger partial charge is 0.224 e. The van der Waals surface area contributed by atoms with Crippen LogP contribution in [-0.2, 0) is 17.8 Å². The topological polar surface area (TPSA) is 57.8 Å². The Balaban J connectivity index is 1.64. The van der Waals surface area contributed by atoms with Gasteiger partial charge >= 0.3 is 0 Å². The molecule has 3 aromatic rings. The minimum atomic E-state index is 0.000376. The Morgan fingerprint density at radius 3 is 2.85 bits per heavy atom. The van der Waals surface area contributed by atoms with Crippen LogP contribution in [0.3, 0.4) is 0 Å². The predicted octanol–water partition coefficient (Wildman–Crippen LogP) is 2.42. The van der Waals surface area contributed by atoms with Crippen LogP contribution in [0.25, 0.3) is 10.9 Å². The Hall–Kier alpha value is -2.62. The van der Waals surface area contributed by atoms with Crippen molar-refractivity contribution in [3.63, 3.8) is 0 Å². The third kappa shape index (κ3) is 2.69. The van der Waals surface area contributed by atoms with Gasteiger partial charge in [0, 0.05) is 23.3 Å². The van der Waals surface area contributed by atoms with Crippen molar-refractivity contribution in [2.45, 2.75) is 13.0 Å². The molecule has 0 radical (unpaired) electrons. The number of benzene rings is 1. The van der Waals surface area contributed by atoms with Gasteiger partial charge in [-0.3, -0.25) is 9.78 Å². The number of rotatable bonds is 4. The number of hydrogen-bond donors (Lipinski definition) is 2.